The molecule has 1 rings (SSSR count). The average Bonchev–Trinajstić information content (AvgIpc) is 2.53. The maximum atomic E-state index is 15.0. The lowest BCUT2D eigenvalue weighted by Crippen LogP contribution is -2.61. The van der Waals surface area contributed by atoms with Gasteiger partial charge in [-0.05, 0) is 46.2 Å². The van der Waals surface area contributed by atoms with Crippen LogP contribution in [0.15, 0.2) is 18.2 Å². The van der Waals surface area contributed by atoms with Gasteiger partial charge in [-0.3, -0.25) is 10.1 Å². The summed E-state index contributed by atoms with van der Waals surface area (Å²) in [6.07, 6.45) is 0. The molecule has 0 spiro atoms. The van der Waals surface area contributed by atoms with Gasteiger partial charge in [-0.15, -0.1) is 4.72 Å². The van der Waals surface area contributed by atoms with E-state index < -0.39 is 55.5 Å². The number of hydrogen-bond donors (Lipinski definition) is 1. The Balaban J connectivity index is 3.62. The smallest absolute Gasteiger partial charge is 0.379 e. The van der Waals surface area contributed by atoms with Crippen LogP contribution < -0.4 is 4.72 Å². The Kier molecular flexibility index (Phi) is 6.90. The summed E-state index contributed by atoms with van der Waals surface area (Å²) >= 11 is -2.10. The fraction of sp³-hybridized carbons (Fsp3) is 0.562. The molecule has 2 atom stereocenters. The number of hydrogen-bond acceptors (Lipinski definition) is 6. The van der Waals surface area contributed by atoms with Gasteiger partial charge in [0.05, 0.1) is 11.5 Å². The minimum Gasteiger partial charge on any atom is -0.598 e. The Bertz CT molecular complexity index is 726. The summed E-state index contributed by atoms with van der Waals surface area (Å²) in [5.74, 6) is -7.41. The van der Waals surface area contributed by atoms with Gasteiger partial charge >= 0.3 is 17.6 Å². The van der Waals surface area contributed by atoms with Crippen molar-refractivity contribution in [2.75, 3.05) is 6.61 Å². The molecule has 0 aliphatic heterocycles. The van der Waals surface area contributed by atoms with E-state index in [0.717, 1.165) is 13.0 Å². The van der Waals surface area contributed by atoms with Crippen molar-refractivity contribution in [1.29, 1.82) is 0 Å². The van der Waals surface area contributed by atoms with Gasteiger partial charge in [0.25, 0.3) is 0 Å². The highest BCUT2D eigenvalue weighted by Gasteiger charge is 2.62. The van der Waals surface area contributed by atoms with Gasteiger partial charge in [0.2, 0.25) is 5.82 Å². The molecule has 0 radical (unpaired) electrons. The lowest BCUT2D eigenvalue weighted by atomic mass is 9.86. The zero-order valence-electron chi connectivity index (χ0n) is 15.5. The molecule has 0 bridgehead atoms. The van der Waals surface area contributed by atoms with Crippen LogP contribution in [0.4, 0.5) is 18.9 Å². The molecule has 7 nitrogen and oxygen atoms in total. The highest BCUT2D eigenvalue weighted by Crippen LogP contribution is 2.41. The highest BCUT2D eigenvalue weighted by atomic mass is 32.2. The Hall–Kier alpha value is -1.85. The standard InChI is InChI=1S/C16H21F3N2O5S/c1-6-26-13(22)16(18,19)15(5,20-27(25)14(2,3)4)10-7-8-11(17)12(9-10)21(23)24/h7-9,20H,6H2,1-5H3/t15?,27-/m1/s1. The third kappa shape index (κ3) is 4.71. The number of halogens is 3. The maximum Gasteiger partial charge on any atom is 0.379 e. The van der Waals surface area contributed by atoms with E-state index in [4.69, 9.17) is 0 Å². The first-order valence-corrected chi connectivity index (χ1v) is 9.02. The number of benzene rings is 1. The quantitative estimate of drug-likeness (QED) is 0.320. The van der Waals surface area contributed by atoms with E-state index >= 15 is 0 Å². The van der Waals surface area contributed by atoms with Crippen LogP contribution in [0.3, 0.4) is 0 Å². The number of esters is 1. The van der Waals surface area contributed by atoms with Gasteiger partial charge in [0, 0.05) is 17.4 Å². The summed E-state index contributed by atoms with van der Waals surface area (Å²) in [5.41, 5.74) is -4.22. The summed E-state index contributed by atoms with van der Waals surface area (Å²) in [6.45, 7) is 6.36. The summed E-state index contributed by atoms with van der Waals surface area (Å²) in [6, 6.07) is 2.08. The molecule has 1 unspecified atom stereocenters. The SMILES string of the molecule is CCOC(=O)C(F)(F)C(C)(N[S@+]([O-])C(C)(C)C)c1ccc(F)c([N+](=O)[O-])c1. The van der Waals surface area contributed by atoms with Crippen molar-refractivity contribution in [3.8, 4) is 0 Å². The Morgan fingerprint density at radius 1 is 1.30 bits per heavy atom. The van der Waals surface area contributed by atoms with Crippen LogP contribution in [0.2, 0.25) is 0 Å². The monoisotopic (exact) mass is 410 g/mol. The molecule has 1 aromatic rings. The van der Waals surface area contributed by atoms with Gasteiger partial charge in [-0.25, -0.2) is 4.79 Å². The number of rotatable bonds is 7. The van der Waals surface area contributed by atoms with Crippen molar-refractivity contribution in [3.63, 3.8) is 0 Å². The molecule has 11 heteroatoms. The Labute approximate surface area is 157 Å². The number of nitro benzene ring substituents is 1. The van der Waals surface area contributed by atoms with Crippen LogP contribution >= 0.6 is 0 Å². The van der Waals surface area contributed by atoms with E-state index in [1.165, 1.54) is 27.7 Å². The minimum atomic E-state index is -4.27. The van der Waals surface area contributed by atoms with Gasteiger partial charge in [0.15, 0.2) is 5.54 Å². The minimum absolute atomic E-state index is 0.337. The second-order valence-electron chi connectivity index (χ2n) is 6.83. The molecule has 0 amide bonds. The number of carbonyl (C=O) groups excluding carboxylic acids is 1. The number of nitrogens with one attached hydrogen (secondary N) is 1. The Morgan fingerprint density at radius 2 is 1.85 bits per heavy atom. The molecule has 0 aliphatic rings. The molecule has 0 aliphatic carbocycles. The maximum absolute atomic E-state index is 15.0. The van der Waals surface area contributed by atoms with Crippen LogP contribution in [0.25, 0.3) is 0 Å². The van der Waals surface area contributed by atoms with Gasteiger partial charge in [-0.2, -0.15) is 13.2 Å². The predicted molar refractivity (Wildman–Crippen MR) is 93.0 cm³/mol. The van der Waals surface area contributed by atoms with Crippen LogP contribution in [-0.2, 0) is 26.4 Å². The molecule has 1 N–H and O–H groups in total. The van der Waals surface area contributed by atoms with Crippen molar-refractivity contribution >= 4 is 23.0 Å². The van der Waals surface area contributed by atoms with E-state index in [1.807, 2.05) is 0 Å². The third-order valence-electron chi connectivity index (χ3n) is 3.73. The van der Waals surface area contributed by atoms with E-state index in [1.54, 1.807) is 0 Å². The second kappa shape index (κ2) is 8.03. The molecule has 0 saturated heterocycles. The number of nitrogens with zero attached hydrogens (tertiary/aromatic N) is 1. The summed E-state index contributed by atoms with van der Waals surface area (Å²) in [4.78, 5) is 21.8. The lowest BCUT2D eigenvalue weighted by molar-refractivity contribution is -0.387. The summed E-state index contributed by atoms with van der Waals surface area (Å²) in [5, 5.41) is 11.0. The van der Waals surface area contributed by atoms with E-state index in [9.17, 15) is 32.6 Å². The molecule has 0 saturated carbocycles. The molecule has 27 heavy (non-hydrogen) atoms. The molecule has 0 heterocycles. The van der Waals surface area contributed by atoms with E-state index in [2.05, 4.69) is 9.46 Å². The number of ether oxygens (including phenoxy) is 1. The molecular weight excluding hydrogens is 389 g/mol. The first-order chi connectivity index (χ1) is 12.2. The van der Waals surface area contributed by atoms with Gasteiger partial charge < -0.3 is 9.29 Å². The topological polar surface area (TPSA) is 105 Å². The second-order valence-corrected chi connectivity index (χ2v) is 8.79. The van der Waals surface area contributed by atoms with Crippen molar-refractivity contribution in [2.24, 2.45) is 0 Å². The van der Waals surface area contributed by atoms with Crippen LogP contribution in [0.1, 0.15) is 40.2 Å². The van der Waals surface area contributed by atoms with Crippen molar-refractivity contribution < 1.29 is 32.2 Å². The van der Waals surface area contributed by atoms with Crippen LogP contribution in [-0.4, -0.2) is 32.7 Å². The fourth-order valence-electron chi connectivity index (χ4n) is 2.03. The molecule has 1 aromatic carbocycles. The normalized spacial score (nSPS) is 15.7. The molecule has 0 aromatic heterocycles. The molecule has 152 valence electrons. The molecule has 0 fully saturated rings. The number of carbonyl (C=O) groups is 1. The Morgan fingerprint density at radius 3 is 2.30 bits per heavy atom. The predicted octanol–water partition coefficient (Wildman–Crippen LogP) is 3.20. The van der Waals surface area contributed by atoms with Crippen molar-refractivity contribution in [1.82, 2.24) is 4.72 Å². The third-order valence-corrected chi connectivity index (χ3v) is 5.44. The average molecular weight is 410 g/mol. The van der Waals surface area contributed by atoms with Gasteiger partial charge in [0.1, 0.15) is 4.75 Å². The van der Waals surface area contributed by atoms with E-state index in [0.29, 0.717) is 12.1 Å². The zero-order valence-corrected chi connectivity index (χ0v) is 16.3. The first-order valence-electron chi connectivity index (χ1n) is 7.87. The fourth-order valence-corrected chi connectivity index (χ4v) is 2.96. The first kappa shape index (κ1) is 23.2. The summed E-state index contributed by atoms with van der Waals surface area (Å²) < 4.78 is 61.7. The van der Waals surface area contributed by atoms with Crippen molar-refractivity contribution in [2.45, 2.75) is 50.8 Å². The lowest BCUT2D eigenvalue weighted by Gasteiger charge is -2.38. The number of alkyl halides is 2. The van der Waals surface area contributed by atoms with Crippen molar-refractivity contribution in [3.05, 3.63) is 39.7 Å². The van der Waals surface area contributed by atoms with Crippen LogP contribution in [0.5, 0.6) is 0 Å². The zero-order chi connectivity index (χ0) is 21.2. The van der Waals surface area contributed by atoms with E-state index in [-0.39, 0.29) is 6.61 Å². The van der Waals surface area contributed by atoms with Gasteiger partial charge in [-0.1, -0.05) is 6.07 Å². The molecular formula is C16H21F3N2O5S. The highest BCUT2D eigenvalue weighted by molar-refractivity contribution is 7.90. The summed E-state index contributed by atoms with van der Waals surface area (Å²) in [7, 11) is 0. The largest absolute Gasteiger partial charge is 0.598 e. The number of nitro groups is 1. The van der Waals surface area contributed by atoms with Crippen LogP contribution in [0, 0.1) is 15.9 Å².